The molecule has 20 heavy (non-hydrogen) atoms. The van der Waals surface area contributed by atoms with Gasteiger partial charge < -0.3 is 20.3 Å². The van der Waals surface area contributed by atoms with E-state index < -0.39 is 0 Å². The van der Waals surface area contributed by atoms with Gasteiger partial charge in [-0.3, -0.25) is 4.99 Å². The van der Waals surface area contributed by atoms with Gasteiger partial charge >= 0.3 is 0 Å². The molecule has 0 aromatic carbocycles. The second-order valence-electron chi connectivity index (χ2n) is 5.26. The summed E-state index contributed by atoms with van der Waals surface area (Å²) in [5.74, 6) is 0.888. The van der Waals surface area contributed by atoms with Crippen LogP contribution in [0.1, 0.15) is 40.0 Å². The van der Waals surface area contributed by atoms with Gasteiger partial charge in [0, 0.05) is 39.4 Å². The molecule has 2 N–H and O–H groups in total. The minimum absolute atomic E-state index is 0.628. The summed E-state index contributed by atoms with van der Waals surface area (Å²) < 4.78 is 5.30. The minimum atomic E-state index is 0.628. The van der Waals surface area contributed by atoms with Crippen LogP contribution in [0.3, 0.4) is 0 Å². The summed E-state index contributed by atoms with van der Waals surface area (Å²) in [6.45, 7) is 11.1. The van der Waals surface area contributed by atoms with Crippen LogP contribution in [-0.2, 0) is 4.74 Å². The first kappa shape index (κ1) is 19.2. The lowest BCUT2D eigenvalue weighted by molar-refractivity contribution is 0.145. The quantitative estimate of drug-likeness (QED) is 0.345. The second-order valence-corrected chi connectivity index (χ2v) is 5.26. The molecule has 0 saturated heterocycles. The number of guanidine groups is 1. The van der Waals surface area contributed by atoms with E-state index in [0.717, 1.165) is 51.6 Å². The van der Waals surface area contributed by atoms with Crippen LogP contribution in [0, 0.1) is 0 Å². The highest BCUT2D eigenvalue weighted by Crippen LogP contribution is 1.97. The highest BCUT2D eigenvalue weighted by molar-refractivity contribution is 5.79. The van der Waals surface area contributed by atoms with Crippen LogP contribution >= 0.6 is 0 Å². The first-order valence-corrected chi connectivity index (χ1v) is 7.84. The van der Waals surface area contributed by atoms with Gasteiger partial charge in [-0.25, -0.2) is 0 Å². The SMILES string of the molecule is CCOCCCNC(=NC)NCCCCN(C)C(C)C. The minimum Gasteiger partial charge on any atom is -0.382 e. The van der Waals surface area contributed by atoms with Gasteiger partial charge in [0.05, 0.1) is 0 Å². The van der Waals surface area contributed by atoms with Crippen molar-refractivity contribution < 1.29 is 4.74 Å². The summed E-state index contributed by atoms with van der Waals surface area (Å²) in [7, 11) is 3.99. The summed E-state index contributed by atoms with van der Waals surface area (Å²) in [5, 5.41) is 6.64. The molecule has 0 fully saturated rings. The highest BCUT2D eigenvalue weighted by Gasteiger charge is 2.02. The molecule has 0 unspecified atom stereocenters. The molecule has 0 aliphatic rings. The third kappa shape index (κ3) is 11.1. The van der Waals surface area contributed by atoms with E-state index in [0.29, 0.717) is 6.04 Å². The number of unbranched alkanes of at least 4 members (excludes halogenated alkanes) is 1. The predicted molar refractivity (Wildman–Crippen MR) is 87.5 cm³/mol. The van der Waals surface area contributed by atoms with Crippen LogP contribution in [0.25, 0.3) is 0 Å². The Morgan fingerprint density at radius 3 is 2.35 bits per heavy atom. The van der Waals surface area contributed by atoms with Crippen LogP contribution in [-0.4, -0.2) is 63.8 Å². The number of hydrogen-bond acceptors (Lipinski definition) is 3. The summed E-state index contributed by atoms with van der Waals surface area (Å²) in [6, 6.07) is 0.628. The van der Waals surface area contributed by atoms with Gasteiger partial charge in [-0.2, -0.15) is 0 Å². The van der Waals surface area contributed by atoms with Crippen LogP contribution < -0.4 is 10.6 Å². The molecule has 120 valence electrons. The number of rotatable bonds is 11. The van der Waals surface area contributed by atoms with E-state index in [-0.39, 0.29) is 0 Å². The molecule has 0 spiro atoms. The molecule has 0 aromatic rings. The Morgan fingerprint density at radius 2 is 1.80 bits per heavy atom. The molecule has 0 saturated carbocycles. The molecule has 5 nitrogen and oxygen atoms in total. The molecule has 0 aliphatic heterocycles. The number of ether oxygens (including phenoxy) is 1. The van der Waals surface area contributed by atoms with E-state index >= 15 is 0 Å². The maximum absolute atomic E-state index is 5.30. The lowest BCUT2D eigenvalue weighted by Gasteiger charge is -2.20. The van der Waals surface area contributed by atoms with Gasteiger partial charge in [-0.1, -0.05) is 0 Å². The molecule has 0 radical (unpaired) electrons. The van der Waals surface area contributed by atoms with Crippen molar-refractivity contribution in [1.29, 1.82) is 0 Å². The van der Waals surface area contributed by atoms with Crippen LogP contribution in [0.4, 0.5) is 0 Å². The van der Waals surface area contributed by atoms with Crippen molar-refractivity contribution in [2.75, 3.05) is 46.9 Å². The average molecular weight is 286 g/mol. The third-order valence-electron chi connectivity index (χ3n) is 3.30. The van der Waals surface area contributed by atoms with Gasteiger partial charge in [-0.15, -0.1) is 0 Å². The Labute approximate surface area is 125 Å². The monoisotopic (exact) mass is 286 g/mol. The van der Waals surface area contributed by atoms with Gasteiger partial charge in [-0.05, 0) is 53.6 Å². The van der Waals surface area contributed by atoms with E-state index in [2.05, 4.69) is 41.4 Å². The molecule has 5 heteroatoms. The van der Waals surface area contributed by atoms with E-state index in [1.807, 2.05) is 14.0 Å². The molecule has 0 amide bonds. The zero-order valence-electron chi connectivity index (χ0n) is 14.0. The normalized spacial score (nSPS) is 12.2. The van der Waals surface area contributed by atoms with Gasteiger partial charge in [0.25, 0.3) is 0 Å². The standard InChI is InChI=1S/C15H34N4O/c1-6-20-13-9-11-18-15(16-4)17-10-7-8-12-19(5)14(2)3/h14H,6-13H2,1-5H3,(H2,16,17,18). The molecular formula is C15H34N4O. The summed E-state index contributed by atoms with van der Waals surface area (Å²) in [6.07, 6.45) is 3.38. The van der Waals surface area contributed by atoms with Crippen molar-refractivity contribution in [2.45, 2.75) is 46.1 Å². The first-order valence-electron chi connectivity index (χ1n) is 7.84. The van der Waals surface area contributed by atoms with E-state index in [4.69, 9.17) is 4.74 Å². The van der Waals surface area contributed by atoms with Gasteiger partial charge in [0.1, 0.15) is 0 Å². The van der Waals surface area contributed by atoms with Gasteiger partial charge in [0.15, 0.2) is 5.96 Å². The van der Waals surface area contributed by atoms with Crippen molar-refractivity contribution in [1.82, 2.24) is 15.5 Å². The van der Waals surface area contributed by atoms with E-state index in [9.17, 15) is 0 Å². The average Bonchev–Trinajstić information content (AvgIpc) is 2.44. The summed E-state index contributed by atoms with van der Waals surface area (Å²) >= 11 is 0. The molecule has 0 heterocycles. The lowest BCUT2D eigenvalue weighted by atomic mass is 10.2. The maximum Gasteiger partial charge on any atom is 0.190 e. The molecule has 0 aliphatic carbocycles. The van der Waals surface area contributed by atoms with Crippen molar-refractivity contribution in [3.05, 3.63) is 0 Å². The Bertz CT molecular complexity index is 244. The Kier molecular flexibility index (Phi) is 12.7. The largest absolute Gasteiger partial charge is 0.382 e. The summed E-state index contributed by atoms with van der Waals surface area (Å²) in [4.78, 5) is 6.59. The Balaban J connectivity index is 3.51. The fraction of sp³-hybridized carbons (Fsp3) is 0.933. The van der Waals surface area contributed by atoms with Crippen LogP contribution in [0.2, 0.25) is 0 Å². The Morgan fingerprint density at radius 1 is 1.15 bits per heavy atom. The highest BCUT2D eigenvalue weighted by atomic mass is 16.5. The number of nitrogens with zero attached hydrogens (tertiary/aromatic N) is 2. The molecule has 0 atom stereocenters. The van der Waals surface area contributed by atoms with E-state index in [1.165, 1.54) is 6.42 Å². The van der Waals surface area contributed by atoms with Crippen molar-refractivity contribution in [3.63, 3.8) is 0 Å². The number of aliphatic imine (C=N–C) groups is 1. The molecule has 0 rings (SSSR count). The number of nitrogens with one attached hydrogen (secondary N) is 2. The maximum atomic E-state index is 5.30. The van der Waals surface area contributed by atoms with E-state index in [1.54, 1.807) is 0 Å². The zero-order chi connectivity index (χ0) is 15.2. The van der Waals surface area contributed by atoms with Gasteiger partial charge in [0.2, 0.25) is 0 Å². The van der Waals surface area contributed by atoms with Crippen molar-refractivity contribution >= 4 is 5.96 Å². The van der Waals surface area contributed by atoms with Crippen molar-refractivity contribution in [3.8, 4) is 0 Å². The molecule has 0 bridgehead atoms. The fourth-order valence-corrected chi connectivity index (χ4v) is 1.70. The Hall–Kier alpha value is -0.810. The predicted octanol–water partition coefficient (Wildman–Crippen LogP) is 1.70. The smallest absolute Gasteiger partial charge is 0.190 e. The second kappa shape index (κ2) is 13.2. The molecular weight excluding hydrogens is 252 g/mol. The topological polar surface area (TPSA) is 48.9 Å². The van der Waals surface area contributed by atoms with Crippen molar-refractivity contribution in [2.24, 2.45) is 4.99 Å². The molecule has 0 aromatic heterocycles. The van der Waals surface area contributed by atoms with Crippen LogP contribution in [0.15, 0.2) is 4.99 Å². The zero-order valence-corrected chi connectivity index (χ0v) is 14.0. The van der Waals surface area contributed by atoms with Crippen LogP contribution in [0.5, 0.6) is 0 Å². The summed E-state index contributed by atoms with van der Waals surface area (Å²) in [5.41, 5.74) is 0. The third-order valence-corrected chi connectivity index (χ3v) is 3.30. The number of hydrogen-bond donors (Lipinski definition) is 2. The first-order chi connectivity index (χ1) is 9.61. The lowest BCUT2D eigenvalue weighted by Crippen LogP contribution is -2.38. The fourth-order valence-electron chi connectivity index (χ4n) is 1.70.